The molecule has 0 unspecified atom stereocenters. The second-order valence-corrected chi connectivity index (χ2v) is 4.74. The Balaban J connectivity index is 1.78. The van der Waals surface area contributed by atoms with E-state index in [0.29, 0.717) is 6.42 Å². The van der Waals surface area contributed by atoms with Gasteiger partial charge in [0.15, 0.2) is 0 Å². The Hall–Kier alpha value is -1.55. The van der Waals surface area contributed by atoms with Crippen LogP contribution >= 0.6 is 0 Å². The lowest BCUT2D eigenvalue weighted by Gasteiger charge is -2.12. The number of anilines is 1. The standard InChI is InChI=1S/C14H20N2O2/c1-18-13-6-4-5-12(11-13)15-14(17)7-10-16-8-2-3-9-16/h4-6,11H,2-3,7-10H2,1H3,(H,15,17)/p+1. The van der Waals surface area contributed by atoms with Crippen LogP contribution in [-0.4, -0.2) is 32.7 Å². The van der Waals surface area contributed by atoms with Crippen molar-refractivity contribution in [2.75, 3.05) is 32.1 Å². The summed E-state index contributed by atoms with van der Waals surface area (Å²) in [6.07, 6.45) is 3.19. The lowest BCUT2D eigenvalue weighted by atomic mass is 10.3. The maximum absolute atomic E-state index is 11.8. The zero-order chi connectivity index (χ0) is 12.8. The van der Waals surface area contributed by atoms with Gasteiger partial charge in [-0.1, -0.05) is 6.07 Å². The van der Waals surface area contributed by atoms with Crippen molar-refractivity contribution in [1.29, 1.82) is 0 Å². The van der Waals surface area contributed by atoms with Gasteiger partial charge >= 0.3 is 0 Å². The largest absolute Gasteiger partial charge is 0.497 e. The van der Waals surface area contributed by atoms with E-state index in [1.54, 1.807) is 12.0 Å². The molecule has 4 heteroatoms. The van der Waals surface area contributed by atoms with Crippen LogP contribution in [0.25, 0.3) is 0 Å². The molecule has 18 heavy (non-hydrogen) atoms. The summed E-state index contributed by atoms with van der Waals surface area (Å²) in [6, 6.07) is 7.45. The summed E-state index contributed by atoms with van der Waals surface area (Å²) in [7, 11) is 1.62. The summed E-state index contributed by atoms with van der Waals surface area (Å²) < 4.78 is 5.12. The van der Waals surface area contributed by atoms with Crippen LogP contribution in [0.2, 0.25) is 0 Å². The highest BCUT2D eigenvalue weighted by molar-refractivity contribution is 5.90. The van der Waals surface area contributed by atoms with Crippen LogP contribution in [0.15, 0.2) is 24.3 Å². The van der Waals surface area contributed by atoms with Crippen LogP contribution in [0.1, 0.15) is 19.3 Å². The van der Waals surface area contributed by atoms with Gasteiger partial charge < -0.3 is 15.0 Å². The van der Waals surface area contributed by atoms with Crippen molar-refractivity contribution in [3.63, 3.8) is 0 Å². The van der Waals surface area contributed by atoms with Crippen LogP contribution in [0.5, 0.6) is 5.75 Å². The van der Waals surface area contributed by atoms with E-state index in [2.05, 4.69) is 5.32 Å². The fourth-order valence-corrected chi connectivity index (χ4v) is 2.34. The quantitative estimate of drug-likeness (QED) is 0.807. The molecular weight excluding hydrogens is 228 g/mol. The van der Waals surface area contributed by atoms with Gasteiger partial charge in [-0.15, -0.1) is 0 Å². The van der Waals surface area contributed by atoms with Gasteiger partial charge in [-0.2, -0.15) is 0 Å². The van der Waals surface area contributed by atoms with E-state index >= 15 is 0 Å². The number of ether oxygens (including phenoxy) is 1. The number of amides is 1. The number of hydrogen-bond acceptors (Lipinski definition) is 2. The summed E-state index contributed by atoms with van der Waals surface area (Å²) in [4.78, 5) is 13.4. The van der Waals surface area contributed by atoms with Crippen molar-refractivity contribution in [1.82, 2.24) is 0 Å². The number of hydrogen-bond donors (Lipinski definition) is 2. The Bertz CT molecular complexity index is 401. The summed E-state index contributed by atoms with van der Waals surface area (Å²) in [5, 5.41) is 2.91. The first kappa shape index (κ1) is 12.9. The monoisotopic (exact) mass is 249 g/mol. The van der Waals surface area contributed by atoms with Gasteiger partial charge in [-0.05, 0) is 12.1 Å². The number of carbonyl (C=O) groups is 1. The van der Waals surface area contributed by atoms with Gasteiger partial charge in [0.1, 0.15) is 5.75 Å². The number of quaternary nitrogens is 1. The molecule has 1 aliphatic heterocycles. The van der Waals surface area contributed by atoms with E-state index in [4.69, 9.17) is 4.74 Å². The van der Waals surface area contributed by atoms with E-state index in [0.717, 1.165) is 18.0 Å². The van der Waals surface area contributed by atoms with E-state index in [1.807, 2.05) is 24.3 Å². The second-order valence-electron chi connectivity index (χ2n) is 4.74. The van der Waals surface area contributed by atoms with E-state index in [1.165, 1.54) is 25.9 Å². The zero-order valence-electron chi connectivity index (χ0n) is 10.9. The fourth-order valence-electron chi connectivity index (χ4n) is 2.34. The van der Waals surface area contributed by atoms with Gasteiger partial charge in [-0.25, -0.2) is 0 Å². The third-order valence-corrected chi connectivity index (χ3v) is 3.37. The molecule has 1 fully saturated rings. The molecule has 0 spiro atoms. The fraction of sp³-hybridized carbons (Fsp3) is 0.500. The Labute approximate surface area is 108 Å². The molecule has 0 saturated carbocycles. The van der Waals surface area contributed by atoms with Crippen molar-refractivity contribution < 1.29 is 14.4 Å². The lowest BCUT2D eigenvalue weighted by molar-refractivity contribution is -0.886. The van der Waals surface area contributed by atoms with Crippen LogP contribution < -0.4 is 15.0 Å². The highest BCUT2D eigenvalue weighted by Crippen LogP contribution is 2.16. The lowest BCUT2D eigenvalue weighted by Crippen LogP contribution is -3.10. The van der Waals surface area contributed by atoms with Crippen LogP contribution in [-0.2, 0) is 4.79 Å². The highest BCUT2D eigenvalue weighted by Gasteiger charge is 2.16. The minimum absolute atomic E-state index is 0.0858. The molecule has 4 nitrogen and oxygen atoms in total. The molecule has 1 saturated heterocycles. The van der Waals surface area contributed by atoms with Crippen molar-refractivity contribution >= 4 is 11.6 Å². The van der Waals surface area contributed by atoms with E-state index in [9.17, 15) is 4.79 Å². The molecule has 1 aromatic carbocycles. The molecule has 0 aromatic heterocycles. The van der Waals surface area contributed by atoms with Crippen LogP contribution in [0.3, 0.4) is 0 Å². The molecule has 98 valence electrons. The molecule has 0 radical (unpaired) electrons. The van der Waals surface area contributed by atoms with Gasteiger partial charge in [0.25, 0.3) is 0 Å². The molecule has 0 bridgehead atoms. The van der Waals surface area contributed by atoms with Gasteiger partial charge in [-0.3, -0.25) is 4.79 Å². The third kappa shape index (κ3) is 3.74. The average molecular weight is 249 g/mol. The molecule has 1 heterocycles. The Kier molecular flexibility index (Phi) is 4.59. The maximum atomic E-state index is 11.8. The number of benzene rings is 1. The van der Waals surface area contributed by atoms with Gasteiger partial charge in [0.2, 0.25) is 5.91 Å². The molecular formula is C14H21N2O2+. The van der Waals surface area contributed by atoms with E-state index < -0.39 is 0 Å². The highest BCUT2D eigenvalue weighted by atomic mass is 16.5. The summed E-state index contributed by atoms with van der Waals surface area (Å²) in [5.41, 5.74) is 0.802. The minimum atomic E-state index is 0.0858. The van der Waals surface area contributed by atoms with Crippen molar-refractivity contribution in [2.45, 2.75) is 19.3 Å². The molecule has 0 atom stereocenters. The van der Waals surface area contributed by atoms with Crippen molar-refractivity contribution in [2.24, 2.45) is 0 Å². The third-order valence-electron chi connectivity index (χ3n) is 3.37. The number of rotatable bonds is 5. The van der Waals surface area contributed by atoms with E-state index in [-0.39, 0.29) is 5.91 Å². The minimum Gasteiger partial charge on any atom is -0.497 e. The first-order valence-corrected chi connectivity index (χ1v) is 6.55. The van der Waals surface area contributed by atoms with Crippen LogP contribution in [0.4, 0.5) is 5.69 Å². The van der Waals surface area contributed by atoms with Crippen molar-refractivity contribution in [3.05, 3.63) is 24.3 Å². The summed E-state index contributed by atoms with van der Waals surface area (Å²) in [6.45, 7) is 3.37. The molecule has 1 aromatic rings. The summed E-state index contributed by atoms with van der Waals surface area (Å²) in [5.74, 6) is 0.848. The normalized spacial score (nSPS) is 15.6. The Morgan fingerprint density at radius 3 is 2.89 bits per heavy atom. The molecule has 0 aliphatic carbocycles. The topological polar surface area (TPSA) is 42.8 Å². The second kappa shape index (κ2) is 6.40. The van der Waals surface area contributed by atoms with Gasteiger partial charge in [0, 0.05) is 24.6 Å². The summed E-state index contributed by atoms with van der Waals surface area (Å²) >= 11 is 0. The average Bonchev–Trinajstić information content (AvgIpc) is 2.90. The number of methoxy groups -OCH3 is 1. The first-order valence-electron chi connectivity index (χ1n) is 6.55. The SMILES string of the molecule is COc1cccc(NC(=O)CC[NH+]2CCCC2)c1. The molecule has 1 aliphatic rings. The maximum Gasteiger partial charge on any atom is 0.230 e. The molecule has 1 amide bonds. The zero-order valence-corrected chi connectivity index (χ0v) is 10.9. The number of carbonyl (C=O) groups excluding carboxylic acids is 1. The first-order chi connectivity index (χ1) is 8.78. The van der Waals surface area contributed by atoms with Crippen LogP contribution in [0, 0.1) is 0 Å². The predicted octanol–water partition coefficient (Wildman–Crippen LogP) is 0.702. The molecule has 2 rings (SSSR count). The smallest absolute Gasteiger partial charge is 0.230 e. The molecule has 2 N–H and O–H groups in total. The number of likely N-dealkylation sites (tertiary alicyclic amines) is 1. The number of nitrogens with one attached hydrogen (secondary N) is 2. The Morgan fingerprint density at radius 2 is 2.17 bits per heavy atom. The van der Waals surface area contributed by atoms with Gasteiger partial charge in [0.05, 0.1) is 33.2 Å². The predicted molar refractivity (Wildman–Crippen MR) is 71.0 cm³/mol. The van der Waals surface area contributed by atoms with Crippen molar-refractivity contribution in [3.8, 4) is 5.75 Å². The Morgan fingerprint density at radius 1 is 1.39 bits per heavy atom.